The van der Waals surface area contributed by atoms with Gasteiger partial charge in [0.05, 0.1) is 24.1 Å². The Bertz CT molecular complexity index is 1480. The number of carbonyl (C=O) groups is 1. The van der Waals surface area contributed by atoms with E-state index in [2.05, 4.69) is 45.6 Å². The molecule has 1 fully saturated rings. The number of carboxylic acid groups (broad SMARTS) is 1. The number of methoxy groups -OCH3 is 1. The molecule has 0 spiro atoms. The van der Waals surface area contributed by atoms with Gasteiger partial charge in [0.1, 0.15) is 11.6 Å². The first-order valence-electron chi connectivity index (χ1n) is 14.2. The predicted octanol–water partition coefficient (Wildman–Crippen LogP) is 6.62. The summed E-state index contributed by atoms with van der Waals surface area (Å²) in [4.78, 5) is 21.3. The first-order valence-corrected chi connectivity index (χ1v) is 14.6. The molecule has 1 aliphatic rings. The van der Waals surface area contributed by atoms with Crippen molar-refractivity contribution in [2.45, 2.75) is 39.3 Å². The minimum absolute atomic E-state index is 0.302. The van der Waals surface area contributed by atoms with Crippen LogP contribution in [0.25, 0.3) is 11.1 Å². The SMILES string of the molecule is CCCCc1nc(Cl)c(CN2CCN(c3ccccc3OC)CC2)n1Cc1ccc(-c2ccccc2C(=O)O)cc1. The van der Waals surface area contributed by atoms with E-state index in [0.717, 1.165) is 86.1 Å². The number of ether oxygens (including phenoxy) is 1. The number of unbranched alkanes of at least 4 members (excludes halogenated alkanes) is 1. The van der Waals surface area contributed by atoms with Gasteiger partial charge in [-0.05, 0) is 41.3 Å². The highest BCUT2D eigenvalue weighted by Crippen LogP contribution is 2.30. The van der Waals surface area contributed by atoms with Crippen LogP contribution < -0.4 is 9.64 Å². The number of aryl methyl sites for hydroxylation is 1. The van der Waals surface area contributed by atoms with Crippen LogP contribution >= 0.6 is 11.6 Å². The smallest absolute Gasteiger partial charge is 0.336 e. The maximum Gasteiger partial charge on any atom is 0.336 e. The van der Waals surface area contributed by atoms with Gasteiger partial charge >= 0.3 is 5.97 Å². The van der Waals surface area contributed by atoms with E-state index < -0.39 is 5.97 Å². The van der Waals surface area contributed by atoms with Gasteiger partial charge in [-0.3, -0.25) is 4.90 Å². The summed E-state index contributed by atoms with van der Waals surface area (Å²) in [6.45, 7) is 7.24. The van der Waals surface area contributed by atoms with Crippen molar-refractivity contribution in [1.29, 1.82) is 0 Å². The van der Waals surface area contributed by atoms with Crippen molar-refractivity contribution in [1.82, 2.24) is 14.5 Å². The summed E-state index contributed by atoms with van der Waals surface area (Å²) in [5, 5.41) is 10.2. The lowest BCUT2D eigenvalue weighted by atomic mass is 9.99. The van der Waals surface area contributed by atoms with Crippen LogP contribution in [0.2, 0.25) is 5.15 Å². The van der Waals surface area contributed by atoms with Crippen LogP contribution in [-0.2, 0) is 19.5 Å². The summed E-state index contributed by atoms with van der Waals surface area (Å²) in [7, 11) is 1.72. The number of piperazine rings is 1. The highest BCUT2D eigenvalue weighted by Gasteiger charge is 2.23. The normalized spacial score (nSPS) is 13.9. The number of imidazole rings is 1. The molecule has 0 amide bonds. The third-order valence-electron chi connectivity index (χ3n) is 7.79. The van der Waals surface area contributed by atoms with Gasteiger partial charge in [0.15, 0.2) is 5.15 Å². The zero-order valence-corrected chi connectivity index (χ0v) is 24.5. The van der Waals surface area contributed by atoms with Gasteiger partial charge in [0.25, 0.3) is 0 Å². The van der Waals surface area contributed by atoms with Crippen LogP contribution in [0.4, 0.5) is 5.69 Å². The van der Waals surface area contributed by atoms with Gasteiger partial charge in [-0.15, -0.1) is 0 Å². The van der Waals surface area contributed by atoms with Gasteiger partial charge < -0.3 is 19.3 Å². The molecular weight excluding hydrogens is 536 g/mol. The first-order chi connectivity index (χ1) is 20.0. The van der Waals surface area contributed by atoms with E-state index in [1.807, 2.05) is 36.4 Å². The quantitative estimate of drug-likeness (QED) is 0.218. The molecule has 0 aliphatic carbocycles. The maximum atomic E-state index is 11.7. The Morgan fingerprint density at radius 1 is 0.951 bits per heavy atom. The molecular formula is C33H37ClN4O3. The van der Waals surface area contributed by atoms with E-state index in [-0.39, 0.29) is 0 Å². The minimum atomic E-state index is -0.924. The van der Waals surface area contributed by atoms with Crippen LogP contribution in [0.5, 0.6) is 5.75 Å². The number of aromatic carboxylic acids is 1. The number of hydrogen-bond acceptors (Lipinski definition) is 5. The molecule has 8 heteroatoms. The van der Waals surface area contributed by atoms with Crippen molar-refractivity contribution in [3.05, 3.63) is 101 Å². The van der Waals surface area contributed by atoms with Gasteiger partial charge in [-0.25, -0.2) is 9.78 Å². The molecule has 214 valence electrons. The Morgan fingerprint density at radius 3 is 2.37 bits per heavy atom. The highest BCUT2D eigenvalue weighted by atomic mass is 35.5. The van der Waals surface area contributed by atoms with Crippen LogP contribution in [0, 0.1) is 0 Å². The molecule has 3 aromatic carbocycles. The summed E-state index contributed by atoms with van der Waals surface area (Å²) >= 11 is 6.79. The molecule has 0 atom stereocenters. The van der Waals surface area contributed by atoms with E-state index in [1.165, 1.54) is 0 Å². The van der Waals surface area contributed by atoms with Crippen LogP contribution in [0.15, 0.2) is 72.8 Å². The summed E-state index contributed by atoms with van der Waals surface area (Å²) in [5.74, 6) is 0.992. The standard InChI is InChI=1S/C33H37ClN4O3/c1-3-4-13-31-35-32(34)29(23-36-18-20-37(21-19-36)28-11-7-8-12-30(28)41-2)38(31)22-24-14-16-25(17-15-24)26-9-5-6-10-27(26)33(39)40/h5-12,14-17H,3-4,13,18-23H2,1-2H3,(H,39,40). The van der Waals surface area contributed by atoms with E-state index >= 15 is 0 Å². The molecule has 0 saturated carbocycles. The largest absolute Gasteiger partial charge is 0.495 e. The molecule has 1 N–H and O–H groups in total. The Hall–Kier alpha value is -3.81. The number of anilines is 1. The number of benzene rings is 3. The molecule has 0 radical (unpaired) electrons. The Morgan fingerprint density at radius 2 is 1.66 bits per heavy atom. The molecule has 5 rings (SSSR count). The lowest BCUT2D eigenvalue weighted by molar-refractivity contribution is 0.0697. The summed E-state index contributed by atoms with van der Waals surface area (Å²) in [6.07, 6.45) is 3.01. The fourth-order valence-electron chi connectivity index (χ4n) is 5.51. The predicted molar refractivity (Wildman–Crippen MR) is 164 cm³/mol. The van der Waals surface area contributed by atoms with Crippen molar-refractivity contribution >= 4 is 23.3 Å². The van der Waals surface area contributed by atoms with E-state index in [9.17, 15) is 9.90 Å². The second-order valence-electron chi connectivity index (χ2n) is 10.4. The third-order valence-corrected chi connectivity index (χ3v) is 8.09. The minimum Gasteiger partial charge on any atom is -0.495 e. The third kappa shape index (κ3) is 6.58. The van der Waals surface area contributed by atoms with Crippen LogP contribution in [0.3, 0.4) is 0 Å². The average molecular weight is 573 g/mol. The first kappa shape index (κ1) is 28.7. The fraction of sp³-hybridized carbons (Fsp3) is 0.333. The van der Waals surface area contributed by atoms with Crippen molar-refractivity contribution in [3.8, 4) is 16.9 Å². The average Bonchev–Trinajstić information content (AvgIpc) is 3.29. The Balaban J connectivity index is 1.33. The number of aromatic nitrogens is 2. The maximum absolute atomic E-state index is 11.7. The van der Waals surface area contributed by atoms with E-state index in [0.29, 0.717) is 22.8 Å². The molecule has 0 unspecified atom stereocenters. The van der Waals surface area contributed by atoms with E-state index in [1.54, 1.807) is 19.2 Å². The lowest BCUT2D eigenvalue weighted by Crippen LogP contribution is -2.46. The second kappa shape index (κ2) is 13.2. The van der Waals surface area contributed by atoms with Crippen LogP contribution in [0.1, 0.15) is 47.2 Å². The zero-order valence-electron chi connectivity index (χ0n) is 23.7. The number of nitrogens with zero attached hydrogens (tertiary/aromatic N) is 4. The lowest BCUT2D eigenvalue weighted by Gasteiger charge is -2.36. The fourth-order valence-corrected chi connectivity index (χ4v) is 5.77. The van der Waals surface area contributed by atoms with Crippen molar-refractivity contribution < 1.29 is 14.6 Å². The topological polar surface area (TPSA) is 70.8 Å². The molecule has 7 nitrogen and oxygen atoms in total. The second-order valence-corrected chi connectivity index (χ2v) is 10.8. The number of halogens is 1. The highest BCUT2D eigenvalue weighted by molar-refractivity contribution is 6.30. The van der Waals surface area contributed by atoms with Crippen LogP contribution in [-0.4, -0.2) is 58.8 Å². The molecule has 1 aromatic heterocycles. The van der Waals surface area contributed by atoms with Gasteiger partial charge in [0, 0.05) is 45.7 Å². The Kier molecular flexibility index (Phi) is 9.27. The molecule has 4 aromatic rings. The number of para-hydroxylation sites is 2. The summed E-state index contributed by atoms with van der Waals surface area (Å²) in [6, 6.07) is 23.4. The molecule has 41 heavy (non-hydrogen) atoms. The molecule has 0 bridgehead atoms. The van der Waals surface area contributed by atoms with Crippen molar-refractivity contribution in [2.24, 2.45) is 0 Å². The van der Waals surface area contributed by atoms with Crippen molar-refractivity contribution in [3.63, 3.8) is 0 Å². The van der Waals surface area contributed by atoms with Gasteiger partial charge in [-0.1, -0.05) is 79.5 Å². The zero-order chi connectivity index (χ0) is 28.8. The van der Waals surface area contributed by atoms with Crippen molar-refractivity contribution in [2.75, 3.05) is 38.2 Å². The number of carboxylic acids is 1. The van der Waals surface area contributed by atoms with Gasteiger partial charge in [0.2, 0.25) is 0 Å². The number of rotatable bonds is 11. The Labute approximate surface area is 247 Å². The summed E-state index contributed by atoms with van der Waals surface area (Å²) in [5.41, 5.74) is 5.20. The molecule has 2 heterocycles. The number of hydrogen-bond donors (Lipinski definition) is 1. The molecule has 1 saturated heterocycles. The monoisotopic (exact) mass is 572 g/mol. The summed E-state index contributed by atoms with van der Waals surface area (Å²) < 4.78 is 7.86. The van der Waals surface area contributed by atoms with E-state index in [4.69, 9.17) is 21.3 Å². The molecule has 1 aliphatic heterocycles. The van der Waals surface area contributed by atoms with Gasteiger partial charge in [-0.2, -0.15) is 0 Å².